The minimum atomic E-state index is -4.03. The quantitative estimate of drug-likeness (QED) is 0.458. The van der Waals surface area contributed by atoms with Gasteiger partial charge in [0.2, 0.25) is 5.91 Å². The number of benzene rings is 2. The molecule has 2 aromatic rings. The number of nitrogens with one attached hydrogen (secondary N) is 1. The van der Waals surface area contributed by atoms with Crippen molar-refractivity contribution in [1.82, 2.24) is 10.2 Å². The fourth-order valence-electron chi connectivity index (χ4n) is 4.05. The minimum absolute atomic E-state index is 0.0529. The Bertz CT molecular complexity index is 1020. The number of carbonyl (C=O) groups is 1. The van der Waals surface area contributed by atoms with Crippen LogP contribution in [0.4, 0.5) is 5.69 Å². The van der Waals surface area contributed by atoms with E-state index in [9.17, 15) is 13.2 Å². The molecule has 186 valence electrons. The Morgan fingerprint density at radius 1 is 1.06 bits per heavy atom. The minimum Gasteiger partial charge on any atom is -0.492 e. The lowest BCUT2D eigenvalue weighted by atomic mass is 10.2. The Morgan fingerprint density at radius 2 is 1.74 bits per heavy atom. The number of nitrogens with zero attached hydrogens (tertiary/aromatic N) is 2. The maximum Gasteiger partial charge on any atom is 0.264 e. The summed E-state index contributed by atoms with van der Waals surface area (Å²) in [4.78, 5) is 15.3. The topological polar surface area (TPSA) is 79.0 Å². The maximum atomic E-state index is 13.5. The number of amides is 1. The first-order chi connectivity index (χ1) is 16.4. The molecule has 0 aliphatic carbocycles. The number of hydrogen-bond acceptors (Lipinski definition) is 5. The van der Waals surface area contributed by atoms with E-state index < -0.39 is 10.0 Å². The molecule has 0 atom stereocenters. The lowest BCUT2D eigenvalue weighted by molar-refractivity contribution is -0.119. The van der Waals surface area contributed by atoms with Crippen molar-refractivity contribution in [3.05, 3.63) is 53.6 Å². The third-order valence-electron chi connectivity index (χ3n) is 5.79. The monoisotopic (exact) mass is 507 g/mol. The van der Waals surface area contributed by atoms with E-state index in [1.807, 2.05) is 6.92 Å². The summed E-state index contributed by atoms with van der Waals surface area (Å²) in [6.07, 6.45) is 5.85. The zero-order valence-electron chi connectivity index (χ0n) is 19.7. The highest BCUT2D eigenvalue weighted by molar-refractivity contribution is 7.92. The Balaban J connectivity index is 1.72. The number of sulfonamides is 1. The molecule has 1 fully saturated rings. The lowest BCUT2D eigenvalue weighted by Crippen LogP contribution is -2.41. The third-order valence-corrected chi connectivity index (χ3v) is 7.82. The van der Waals surface area contributed by atoms with Crippen LogP contribution < -0.4 is 14.4 Å². The summed E-state index contributed by atoms with van der Waals surface area (Å²) in [5, 5.41) is 3.32. The molecule has 0 saturated carbocycles. The lowest BCUT2D eigenvalue weighted by Gasteiger charge is -2.26. The largest absolute Gasteiger partial charge is 0.492 e. The summed E-state index contributed by atoms with van der Waals surface area (Å²) in [6.45, 7) is 5.49. The van der Waals surface area contributed by atoms with Crippen LogP contribution >= 0.6 is 11.6 Å². The van der Waals surface area contributed by atoms with E-state index in [2.05, 4.69) is 10.2 Å². The van der Waals surface area contributed by atoms with Gasteiger partial charge in [-0.1, -0.05) is 36.6 Å². The van der Waals surface area contributed by atoms with Crippen LogP contribution in [-0.2, 0) is 14.8 Å². The molecule has 9 heteroatoms. The summed E-state index contributed by atoms with van der Waals surface area (Å²) in [5.74, 6) is 0.0382. The average Bonchev–Trinajstić information content (AvgIpc) is 3.10. The van der Waals surface area contributed by atoms with E-state index in [1.165, 1.54) is 49.9 Å². The van der Waals surface area contributed by atoms with Crippen LogP contribution in [0.2, 0.25) is 5.02 Å². The van der Waals surface area contributed by atoms with E-state index in [1.54, 1.807) is 24.3 Å². The van der Waals surface area contributed by atoms with E-state index in [0.29, 0.717) is 29.6 Å². The molecule has 0 bridgehead atoms. The second-order valence-electron chi connectivity index (χ2n) is 8.33. The van der Waals surface area contributed by atoms with Crippen LogP contribution in [0.5, 0.6) is 5.75 Å². The van der Waals surface area contributed by atoms with Crippen LogP contribution in [0.25, 0.3) is 0 Å². The van der Waals surface area contributed by atoms with Gasteiger partial charge in [-0.2, -0.15) is 0 Å². The SMILES string of the molecule is CCOc1ccccc1N(CC(=O)NCCCN1CCCCCC1)S(=O)(=O)c1ccc(Cl)cc1. The number of carbonyl (C=O) groups excluding carboxylic acids is 1. The van der Waals surface area contributed by atoms with Crippen LogP contribution in [0, 0.1) is 0 Å². The number of likely N-dealkylation sites (tertiary alicyclic amines) is 1. The van der Waals surface area contributed by atoms with E-state index in [4.69, 9.17) is 16.3 Å². The van der Waals surface area contributed by atoms with Gasteiger partial charge >= 0.3 is 0 Å². The van der Waals surface area contributed by atoms with Crippen LogP contribution in [-0.4, -0.2) is 58.6 Å². The van der Waals surface area contributed by atoms with Crippen LogP contribution in [0.1, 0.15) is 39.0 Å². The van der Waals surface area contributed by atoms with Gasteiger partial charge in [0, 0.05) is 11.6 Å². The molecule has 34 heavy (non-hydrogen) atoms. The first kappa shape index (κ1) is 26.3. The number of hydrogen-bond donors (Lipinski definition) is 1. The van der Waals surface area contributed by atoms with Crippen LogP contribution in [0.15, 0.2) is 53.4 Å². The number of para-hydroxylation sites is 2. The predicted octanol–water partition coefficient (Wildman–Crippen LogP) is 4.32. The van der Waals surface area contributed by atoms with Crippen molar-refractivity contribution >= 4 is 33.2 Å². The summed E-state index contributed by atoms with van der Waals surface area (Å²) in [7, 11) is -4.03. The van der Waals surface area contributed by atoms with Gasteiger partial charge in [-0.25, -0.2) is 8.42 Å². The molecular weight excluding hydrogens is 474 g/mol. The predicted molar refractivity (Wildman–Crippen MR) is 136 cm³/mol. The molecule has 1 amide bonds. The second-order valence-corrected chi connectivity index (χ2v) is 10.6. The Morgan fingerprint density at radius 3 is 2.41 bits per heavy atom. The highest BCUT2D eigenvalue weighted by Crippen LogP contribution is 2.32. The molecule has 0 aromatic heterocycles. The first-order valence-electron chi connectivity index (χ1n) is 11.9. The zero-order chi connectivity index (χ0) is 24.4. The summed E-state index contributed by atoms with van der Waals surface area (Å²) < 4.78 is 33.9. The standard InChI is InChI=1S/C25H34ClN3O4S/c1-2-33-24-11-6-5-10-23(24)29(34(31,32)22-14-12-21(26)13-15-22)20-25(30)27-16-9-19-28-17-7-3-4-8-18-28/h5-6,10-15H,2-4,7-9,16-20H2,1H3,(H,27,30). The van der Waals surface area contributed by atoms with Crippen molar-refractivity contribution in [2.45, 2.75) is 43.9 Å². The summed E-state index contributed by atoms with van der Waals surface area (Å²) >= 11 is 5.95. The fraction of sp³-hybridized carbons (Fsp3) is 0.480. The first-order valence-corrected chi connectivity index (χ1v) is 13.7. The van der Waals surface area contributed by atoms with Gasteiger partial charge in [-0.05, 0) is 82.2 Å². The Kier molecular flexibility index (Phi) is 10.0. The molecule has 7 nitrogen and oxygen atoms in total. The van der Waals surface area contributed by atoms with E-state index in [0.717, 1.165) is 30.4 Å². The van der Waals surface area contributed by atoms with Gasteiger partial charge in [0.15, 0.2) is 0 Å². The van der Waals surface area contributed by atoms with Gasteiger partial charge < -0.3 is 15.0 Å². The molecule has 1 aliphatic rings. The number of halogens is 1. The average molecular weight is 508 g/mol. The van der Waals surface area contributed by atoms with Crippen molar-refractivity contribution in [2.75, 3.05) is 43.6 Å². The molecule has 1 N–H and O–H groups in total. The number of rotatable bonds is 11. The van der Waals surface area contributed by atoms with Crippen molar-refractivity contribution in [1.29, 1.82) is 0 Å². The Hall–Kier alpha value is -2.29. The zero-order valence-corrected chi connectivity index (χ0v) is 21.3. The van der Waals surface area contributed by atoms with Gasteiger partial charge in [0.1, 0.15) is 12.3 Å². The molecule has 1 aliphatic heterocycles. The van der Waals surface area contributed by atoms with Gasteiger partial charge in [-0.15, -0.1) is 0 Å². The normalized spacial score (nSPS) is 14.9. The smallest absolute Gasteiger partial charge is 0.264 e. The highest BCUT2D eigenvalue weighted by atomic mass is 35.5. The van der Waals surface area contributed by atoms with Crippen molar-refractivity contribution in [3.8, 4) is 5.75 Å². The highest BCUT2D eigenvalue weighted by Gasteiger charge is 2.29. The molecule has 0 radical (unpaired) electrons. The van der Waals surface area contributed by atoms with Crippen LogP contribution in [0.3, 0.4) is 0 Å². The third kappa shape index (κ3) is 7.35. The molecule has 0 spiro atoms. The molecule has 2 aromatic carbocycles. The summed E-state index contributed by atoms with van der Waals surface area (Å²) in [6, 6.07) is 12.7. The number of anilines is 1. The molecule has 1 heterocycles. The van der Waals surface area contributed by atoms with Crippen molar-refractivity contribution in [3.63, 3.8) is 0 Å². The van der Waals surface area contributed by atoms with Gasteiger partial charge in [-0.3, -0.25) is 9.10 Å². The fourth-order valence-corrected chi connectivity index (χ4v) is 5.61. The van der Waals surface area contributed by atoms with Gasteiger partial charge in [0.05, 0.1) is 17.2 Å². The second kappa shape index (κ2) is 13.0. The van der Waals surface area contributed by atoms with E-state index in [-0.39, 0.29) is 17.3 Å². The summed E-state index contributed by atoms with van der Waals surface area (Å²) in [5.41, 5.74) is 0.319. The van der Waals surface area contributed by atoms with Crippen molar-refractivity contribution in [2.24, 2.45) is 0 Å². The molecule has 0 unspecified atom stereocenters. The molecule has 3 rings (SSSR count). The maximum absolute atomic E-state index is 13.5. The van der Waals surface area contributed by atoms with Crippen molar-refractivity contribution < 1.29 is 17.9 Å². The van der Waals surface area contributed by atoms with E-state index >= 15 is 0 Å². The Labute approximate surface area is 208 Å². The number of ether oxygens (including phenoxy) is 1. The molecule has 1 saturated heterocycles. The van der Waals surface area contributed by atoms with Gasteiger partial charge in [0.25, 0.3) is 10.0 Å². The molecular formula is C25H34ClN3O4S.